The van der Waals surface area contributed by atoms with Crippen LogP contribution in [0.1, 0.15) is 11.7 Å². The summed E-state index contributed by atoms with van der Waals surface area (Å²) in [5.74, 6) is -1.29. The fraction of sp³-hybridized carbons (Fsp3) is 0.429. The molecule has 0 radical (unpaired) electrons. The topological polar surface area (TPSA) is 66.8 Å². The zero-order valence-corrected chi connectivity index (χ0v) is 12.1. The molecule has 0 aromatic heterocycles. The van der Waals surface area contributed by atoms with E-state index in [9.17, 15) is 14.0 Å². The van der Waals surface area contributed by atoms with Gasteiger partial charge >= 0.3 is 5.97 Å². The number of ether oxygens (including phenoxy) is 1. The molecule has 1 aromatic rings. The van der Waals surface area contributed by atoms with E-state index in [0.29, 0.717) is 19.7 Å². The van der Waals surface area contributed by atoms with Crippen molar-refractivity contribution < 1.29 is 23.8 Å². The lowest BCUT2D eigenvalue weighted by molar-refractivity contribution is -0.136. The highest BCUT2D eigenvalue weighted by atomic mass is 32.2. The van der Waals surface area contributed by atoms with E-state index in [-0.39, 0.29) is 29.3 Å². The lowest BCUT2D eigenvalue weighted by Gasteiger charge is -2.33. The van der Waals surface area contributed by atoms with E-state index in [1.165, 1.54) is 12.1 Å². The predicted molar refractivity (Wildman–Crippen MR) is 76.6 cm³/mol. The summed E-state index contributed by atoms with van der Waals surface area (Å²) in [5, 5.41) is 8.55. The summed E-state index contributed by atoms with van der Waals surface area (Å²) in [5.41, 5.74) is 0.826. The first-order chi connectivity index (χ1) is 10.1. The van der Waals surface area contributed by atoms with Crippen molar-refractivity contribution in [1.29, 1.82) is 0 Å². The second-order valence-corrected chi connectivity index (χ2v) is 5.62. The third kappa shape index (κ3) is 4.71. The molecule has 0 aliphatic carbocycles. The SMILES string of the molecule is O=C(O)CSCC(=O)N1CCOC(c2ccc(F)cc2)C1. The molecule has 1 saturated heterocycles. The molecule has 1 N–H and O–H groups in total. The number of rotatable bonds is 5. The summed E-state index contributed by atoms with van der Waals surface area (Å²) in [7, 11) is 0. The number of carbonyl (C=O) groups excluding carboxylic acids is 1. The van der Waals surface area contributed by atoms with Crippen molar-refractivity contribution in [2.75, 3.05) is 31.2 Å². The molecule has 1 heterocycles. The number of nitrogens with zero attached hydrogens (tertiary/aromatic N) is 1. The van der Waals surface area contributed by atoms with Gasteiger partial charge in [-0.25, -0.2) is 4.39 Å². The second-order valence-electron chi connectivity index (χ2n) is 4.64. The largest absolute Gasteiger partial charge is 0.481 e. The Morgan fingerprint density at radius 1 is 1.33 bits per heavy atom. The van der Waals surface area contributed by atoms with Crippen molar-refractivity contribution in [1.82, 2.24) is 4.90 Å². The molecule has 1 aliphatic rings. The van der Waals surface area contributed by atoms with Gasteiger partial charge in [0.25, 0.3) is 0 Å². The quantitative estimate of drug-likeness (QED) is 0.893. The normalized spacial score (nSPS) is 18.5. The molecule has 5 nitrogen and oxygen atoms in total. The van der Waals surface area contributed by atoms with Crippen LogP contribution in [0.5, 0.6) is 0 Å². The van der Waals surface area contributed by atoms with E-state index in [4.69, 9.17) is 9.84 Å². The zero-order chi connectivity index (χ0) is 15.2. The number of carbonyl (C=O) groups is 2. The molecule has 1 atom stereocenters. The number of thioether (sulfide) groups is 1. The number of hydrogen-bond acceptors (Lipinski definition) is 4. The Morgan fingerprint density at radius 2 is 2.05 bits per heavy atom. The Morgan fingerprint density at radius 3 is 2.71 bits per heavy atom. The fourth-order valence-corrected chi connectivity index (χ4v) is 2.71. The third-order valence-corrected chi connectivity index (χ3v) is 4.01. The summed E-state index contributed by atoms with van der Waals surface area (Å²) in [6.07, 6.45) is -0.271. The van der Waals surface area contributed by atoms with Gasteiger partial charge in [-0.05, 0) is 17.7 Å². The van der Waals surface area contributed by atoms with Gasteiger partial charge in [-0.1, -0.05) is 12.1 Å². The van der Waals surface area contributed by atoms with Gasteiger partial charge in [0.15, 0.2) is 0 Å². The molecular weight excluding hydrogens is 297 g/mol. The second kappa shape index (κ2) is 7.42. The number of benzene rings is 1. The van der Waals surface area contributed by atoms with Crippen LogP contribution in [0.2, 0.25) is 0 Å². The fourth-order valence-electron chi connectivity index (χ4n) is 2.07. The molecule has 1 amide bonds. The van der Waals surface area contributed by atoms with E-state index in [2.05, 4.69) is 0 Å². The maximum absolute atomic E-state index is 12.9. The molecule has 0 spiro atoms. The molecule has 1 unspecified atom stereocenters. The number of carboxylic acids is 1. The van der Waals surface area contributed by atoms with Crippen LogP contribution in [-0.2, 0) is 14.3 Å². The van der Waals surface area contributed by atoms with E-state index < -0.39 is 5.97 Å². The summed E-state index contributed by atoms with van der Waals surface area (Å²) in [4.78, 5) is 24.1. The highest BCUT2D eigenvalue weighted by Gasteiger charge is 2.25. The molecule has 1 aliphatic heterocycles. The average Bonchev–Trinajstić information content (AvgIpc) is 2.47. The zero-order valence-electron chi connectivity index (χ0n) is 11.3. The van der Waals surface area contributed by atoms with E-state index in [1.807, 2.05) is 0 Å². The van der Waals surface area contributed by atoms with Gasteiger partial charge < -0.3 is 14.7 Å². The maximum Gasteiger partial charge on any atom is 0.313 e. The number of amides is 1. The Bertz CT molecular complexity index is 508. The summed E-state index contributed by atoms with van der Waals surface area (Å²) in [6.45, 7) is 1.31. The third-order valence-electron chi connectivity index (χ3n) is 3.11. The molecular formula is C14H16FNO4S. The van der Waals surface area contributed by atoms with Gasteiger partial charge in [-0.15, -0.1) is 11.8 Å². The monoisotopic (exact) mass is 313 g/mol. The minimum atomic E-state index is -0.932. The van der Waals surface area contributed by atoms with Gasteiger partial charge in [-0.3, -0.25) is 9.59 Å². The van der Waals surface area contributed by atoms with Crippen molar-refractivity contribution in [2.45, 2.75) is 6.10 Å². The van der Waals surface area contributed by atoms with E-state index >= 15 is 0 Å². The van der Waals surface area contributed by atoms with Crippen LogP contribution in [0.25, 0.3) is 0 Å². The van der Waals surface area contributed by atoms with E-state index in [0.717, 1.165) is 17.3 Å². The van der Waals surface area contributed by atoms with Gasteiger partial charge in [0.05, 0.1) is 24.7 Å². The molecule has 7 heteroatoms. The lowest BCUT2D eigenvalue weighted by atomic mass is 10.1. The number of halogens is 1. The number of morpholine rings is 1. The number of hydrogen-bond donors (Lipinski definition) is 1. The van der Waals surface area contributed by atoms with Crippen molar-refractivity contribution in [3.63, 3.8) is 0 Å². The van der Waals surface area contributed by atoms with Gasteiger partial charge in [0, 0.05) is 6.54 Å². The van der Waals surface area contributed by atoms with Crippen LogP contribution in [-0.4, -0.2) is 53.1 Å². The summed E-state index contributed by atoms with van der Waals surface area (Å²) in [6, 6.07) is 6.02. The predicted octanol–water partition coefficient (Wildman–Crippen LogP) is 1.54. The standard InChI is InChI=1S/C14H16FNO4S/c15-11-3-1-10(2-4-11)12-7-16(5-6-20-12)13(17)8-21-9-14(18)19/h1-4,12H,5-9H2,(H,18,19). The molecule has 21 heavy (non-hydrogen) atoms. The molecule has 0 saturated carbocycles. The molecule has 0 bridgehead atoms. The Hall–Kier alpha value is -1.60. The van der Waals surface area contributed by atoms with E-state index in [1.54, 1.807) is 17.0 Å². The van der Waals surface area contributed by atoms with Crippen LogP contribution in [0, 0.1) is 5.82 Å². The highest BCUT2D eigenvalue weighted by molar-refractivity contribution is 8.00. The Kier molecular flexibility index (Phi) is 5.58. The van der Waals surface area contributed by atoms with Crippen molar-refractivity contribution in [3.8, 4) is 0 Å². The van der Waals surface area contributed by atoms with Gasteiger partial charge in [0.2, 0.25) is 5.91 Å². The van der Waals surface area contributed by atoms with Crippen molar-refractivity contribution in [2.24, 2.45) is 0 Å². The highest BCUT2D eigenvalue weighted by Crippen LogP contribution is 2.23. The first kappa shape index (κ1) is 15.8. The van der Waals surface area contributed by atoms with Gasteiger partial charge in [-0.2, -0.15) is 0 Å². The number of aliphatic carboxylic acids is 1. The molecule has 114 valence electrons. The minimum Gasteiger partial charge on any atom is -0.481 e. The van der Waals surface area contributed by atoms with Crippen LogP contribution in [0.4, 0.5) is 4.39 Å². The summed E-state index contributed by atoms with van der Waals surface area (Å²) >= 11 is 1.08. The lowest BCUT2D eigenvalue weighted by Crippen LogP contribution is -2.43. The minimum absolute atomic E-state index is 0.0858. The Labute approximate surface area is 126 Å². The van der Waals surface area contributed by atoms with Crippen LogP contribution >= 0.6 is 11.8 Å². The number of carboxylic acid groups (broad SMARTS) is 1. The van der Waals surface area contributed by atoms with Crippen LogP contribution in [0.15, 0.2) is 24.3 Å². The Balaban J connectivity index is 1.89. The average molecular weight is 313 g/mol. The maximum atomic E-state index is 12.9. The first-order valence-corrected chi connectivity index (χ1v) is 7.66. The molecule has 1 aromatic carbocycles. The van der Waals surface area contributed by atoms with Crippen molar-refractivity contribution >= 4 is 23.6 Å². The van der Waals surface area contributed by atoms with Gasteiger partial charge in [0.1, 0.15) is 11.9 Å². The summed E-state index contributed by atoms with van der Waals surface area (Å²) < 4.78 is 18.5. The molecule has 2 rings (SSSR count). The van der Waals surface area contributed by atoms with Crippen molar-refractivity contribution in [3.05, 3.63) is 35.6 Å². The first-order valence-electron chi connectivity index (χ1n) is 6.50. The molecule has 1 fully saturated rings. The van der Waals surface area contributed by atoms with Crippen LogP contribution in [0.3, 0.4) is 0 Å². The van der Waals surface area contributed by atoms with Crippen LogP contribution < -0.4 is 0 Å². The smallest absolute Gasteiger partial charge is 0.313 e.